The van der Waals surface area contributed by atoms with E-state index in [9.17, 15) is 9.59 Å². The molecule has 0 fully saturated rings. The molecule has 0 radical (unpaired) electrons. The summed E-state index contributed by atoms with van der Waals surface area (Å²) in [5.74, 6) is 0.212. The molecule has 0 saturated carbocycles. The Morgan fingerprint density at radius 3 is 2.71 bits per heavy atom. The second-order valence-electron chi connectivity index (χ2n) is 7.93. The van der Waals surface area contributed by atoms with Crippen molar-refractivity contribution in [2.75, 3.05) is 31.4 Å². The molecule has 35 heavy (non-hydrogen) atoms. The number of nitrogens with one attached hydrogen (secondary N) is 1. The molecule has 1 amide bonds. The number of anilines is 1. The van der Waals surface area contributed by atoms with E-state index in [4.69, 9.17) is 21.1 Å². The molecule has 2 aromatic heterocycles. The maximum atomic E-state index is 12.9. The minimum Gasteiger partial charge on any atom is -0.462 e. The zero-order chi connectivity index (χ0) is 24.8. The molecule has 1 aromatic carbocycles. The van der Waals surface area contributed by atoms with Gasteiger partial charge in [-0.05, 0) is 62.4 Å². The third kappa shape index (κ3) is 6.06. The summed E-state index contributed by atoms with van der Waals surface area (Å²) < 4.78 is 12.5. The lowest BCUT2D eigenvalue weighted by Crippen LogP contribution is -2.17. The molecule has 0 bridgehead atoms. The first-order valence-electron chi connectivity index (χ1n) is 11.4. The smallest absolute Gasteiger partial charge is 0.341 e. The summed E-state index contributed by atoms with van der Waals surface area (Å²) in [7, 11) is 1.63. The van der Waals surface area contributed by atoms with Crippen LogP contribution in [0.1, 0.15) is 40.6 Å². The summed E-state index contributed by atoms with van der Waals surface area (Å²) in [5, 5.41) is 13.4. The maximum Gasteiger partial charge on any atom is 0.341 e. The van der Waals surface area contributed by atoms with Gasteiger partial charge in [-0.1, -0.05) is 23.4 Å². The van der Waals surface area contributed by atoms with Gasteiger partial charge in [0.25, 0.3) is 0 Å². The molecule has 0 saturated heterocycles. The van der Waals surface area contributed by atoms with E-state index in [1.54, 1.807) is 26.2 Å². The van der Waals surface area contributed by atoms with Gasteiger partial charge >= 0.3 is 5.97 Å². The fraction of sp³-hybridized carbons (Fsp3) is 0.417. The highest BCUT2D eigenvalue weighted by atomic mass is 35.5. The number of nitrogens with zero attached hydrogens (tertiary/aromatic N) is 3. The van der Waals surface area contributed by atoms with Crippen molar-refractivity contribution >= 4 is 51.6 Å². The third-order valence-electron chi connectivity index (χ3n) is 5.57. The molecular weight excluding hydrogens is 508 g/mol. The van der Waals surface area contributed by atoms with Crippen molar-refractivity contribution in [1.82, 2.24) is 14.8 Å². The van der Waals surface area contributed by atoms with Gasteiger partial charge in [0.15, 0.2) is 11.0 Å². The largest absolute Gasteiger partial charge is 0.462 e. The third-order valence-corrected chi connectivity index (χ3v) is 8.00. The van der Waals surface area contributed by atoms with Crippen molar-refractivity contribution in [3.05, 3.63) is 45.3 Å². The van der Waals surface area contributed by atoms with Crippen LogP contribution in [0.3, 0.4) is 0 Å². The van der Waals surface area contributed by atoms with Gasteiger partial charge in [-0.2, -0.15) is 0 Å². The summed E-state index contributed by atoms with van der Waals surface area (Å²) in [6.45, 7) is 3.08. The highest BCUT2D eigenvalue weighted by molar-refractivity contribution is 7.99. The van der Waals surface area contributed by atoms with Gasteiger partial charge in [0, 0.05) is 22.6 Å². The zero-order valence-electron chi connectivity index (χ0n) is 19.6. The van der Waals surface area contributed by atoms with Crippen LogP contribution >= 0.6 is 34.7 Å². The number of ether oxygens (including phenoxy) is 2. The van der Waals surface area contributed by atoms with Crippen molar-refractivity contribution in [1.29, 1.82) is 0 Å². The summed E-state index contributed by atoms with van der Waals surface area (Å²) in [6.07, 6.45) is 3.88. The van der Waals surface area contributed by atoms with E-state index < -0.39 is 0 Å². The Labute approximate surface area is 217 Å². The number of fused-ring (bicyclic) bond motifs is 1. The lowest BCUT2D eigenvalue weighted by Gasteiger charge is -2.12. The molecule has 1 N–H and O–H groups in total. The molecule has 4 rings (SSSR count). The number of aromatic nitrogens is 3. The first-order chi connectivity index (χ1) is 17.0. The van der Waals surface area contributed by atoms with Gasteiger partial charge in [-0.3, -0.25) is 9.36 Å². The summed E-state index contributed by atoms with van der Waals surface area (Å²) in [6, 6.07) is 7.36. The first kappa shape index (κ1) is 25.7. The van der Waals surface area contributed by atoms with Crippen molar-refractivity contribution in [3.63, 3.8) is 0 Å². The van der Waals surface area contributed by atoms with Crippen LogP contribution in [0.15, 0.2) is 29.4 Å². The molecule has 0 unspecified atom stereocenters. The molecule has 8 nitrogen and oxygen atoms in total. The molecule has 0 atom stereocenters. The lowest BCUT2D eigenvalue weighted by molar-refractivity contribution is -0.113. The summed E-state index contributed by atoms with van der Waals surface area (Å²) in [4.78, 5) is 26.7. The van der Waals surface area contributed by atoms with Crippen molar-refractivity contribution < 1.29 is 19.1 Å². The second-order valence-corrected chi connectivity index (χ2v) is 10.4. The SMILES string of the molecule is CCOC(=O)c1c(NC(=O)CSc2nnc(-c3ccc(Cl)cc3)n2CCOC)sc2c1CCCC2. The fourth-order valence-corrected chi connectivity index (χ4v) is 6.14. The fourth-order valence-electron chi connectivity index (χ4n) is 3.96. The molecular formula is C24H27ClN4O4S2. The van der Waals surface area contributed by atoms with Crippen LogP contribution in [0.25, 0.3) is 11.4 Å². The number of rotatable bonds is 10. The number of hydrogen-bond donors (Lipinski definition) is 1. The van der Waals surface area contributed by atoms with E-state index in [-0.39, 0.29) is 17.6 Å². The van der Waals surface area contributed by atoms with Crippen LogP contribution in [0.4, 0.5) is 5.00 Å². The molecule has 1 aliphatic carbocycles. The number of halogens is 1. The van der Waals surface area contributed by atoms with Crippen LogP contribution in [-0.4, -0.2) is 52.7 Å². The number of thiophene rings is 1. The molecule has 2 heterocycles. The standard InChI is InChI=1S/C24H27ClN4O4S2/c1-3-33-23(31)20-17-6-4-5-7-18(17)35-22(20)26-19(30)14-34-24-28-27-21(29(24)12-13-32-2)15-8-10-16(25)11-9-15/h8-11H,3-7,12-14H2,1-2H3,(H,26,30). The number of carbonyl (C=O) groups is 2. The number of benzene rings is 1. The van der Waals surface area contributed by atoms with Gasteiger partial charge in [0.1, 0.15) is 5.00 Å². The average Bonchev–Trinajstić information content (AvgIpc) is 3.42. The van der Waals surface area contributed by atoms with E-state index in [1.807, 2.05) is 16.7 Å². The van der Waals surface area contributed by atoms with Gasteiger partial charge in [-0.25, -0.2) is 4.79 Å². The summed E-state index contributed by atoms with van der Waals surface area (Å²) in [5.41, 5.74) is 2.41. The van der Waals surface area contributed by atoms with Gasteiger partial charge in [0.05, 0.1) is 31.1 Å². The Morgan fingerprint density at radius 2 is 1.97 bits per heavy atom. The number of hydrogen-bond acceptors (Lipinski definition) is 8. The highest BCUT2D eigenvalue weighted by Crippen LogP contribution is 2.38. The number of carbonyl (C=O) groups excluding carboxylic acids is 2. The van der Waals surface area contributed by atoms with Gasteiger partial charge in [-0.15, -0.1) is 21.5 Å². The van der Waals surface area contributed by atoms with Crippen LogP contribution in [0.5, 0.6) is 0 Å². The average molecular weight is 535 g/mol. The molecule has 11 heteroatoms. The Balaban J connectivity index is 1.50. The predicted octanol–water partition coefficient (Wildman–Crippen LogP) is 5.09. The Bertz CT molecular complexity index is 1190. The maximum absolute atomic E-state index is 12.9. The minimum absolute atomic E-state index is 0.122. The summed E-state index contributed by atoms with van der Waals surface area (Å²) >= 11 is 8.79. The highest BCUT2D eigenvalue weighted by Gasteiger charge is 2.27. The van der Waals surface area contributed by atoms with Crippen molar-refractivity contribution in [3.8, 4) is 11.4 Å². The zero-order valence-corrected chi connectivity index (χ0v) is 22.0. The Hall–Kier alpha value is -2.40. The topological polar surface area (TPSA) is 95.3 Å². The molecule has 1 aliphatic rings. The monoisotopic (exact) mass is 534 g/mol. The van der Waals surface area contributed by atoms with E-state index in [1.165, 1.54) is 23.1 Å². The minimum atomic E-state index is -0.373. The van der Waals surface area contributed by atoms with E-state index in [0.717, 1.165) is 41.7 Å². The molecule has 0 spiro atoms. The van der Waals surface area contributed by atoms with E-state index in [2.05, 4.69) is 15.5 Å². The van der Waals surface area contributed by atoms with Crippen LogP contribution in [-0.2, 0) is 33.7 Å². The van der Waals surface area contributed by atoms with E-state index in [0.29, 0.717) is 46.3 Å². The van der Waals surface area contributed by atoms with Crippen molar-refractivity contribution in [2.24, 2.45) is 0 Å². The van der Waals surface area contributed by atoms with E-state index >= 15 is 0 Å². The first-order valence-corrected chi connectivity index (χ1v) is 13.6. The number of aryl methyl sites for hydroxylation is 1. The molecule has 186 valence electrons. The Kier molecular flexibility index (Phi) is 8.83. The number of methoxy groups -OCH3 is 1. The lowest BCUT2D eigenvalue weighted by atomic mass is 9.95. The van der Waals surface area contributed by atoms with Gasteiger partial charge < -0.3 is 14.8 Å². The van der Waals surface area contributed by atoms with Crippen LogP contribution in [0.2, 0.25) is 5.02 Å². The van der Waals surface area contributed by atoms with Crippen molar-refractivity contribution in [2.45, 2.75) is 44.3 Å². The number of amides is 1. The predicted molar refractivity (Wildman–Crippen MR) is 139 cm³/mol. The number of esters is 1. The van der Waals surface area contributed by atoms with Crippen LogP contribution < -0.4 is 5.32 Å². The number of thioether (sulfide) groups is 1. The van der Waals surface area contributed by atoms with Crippen LogP contribution in [0, 0.1) is 0 Å². The molecule has 0 aliphatic heterocycles. The normalized spacial score (nSPS) is 12.9. The van der Waals surface area contributed by atoms with Gasteiger partial charge in [0.2, 0.25) is 5.91 Å². The molecule has 3 aromatic rings. The second kappa shape index (κ2) is 12.0. The Morgan fingerprint density at radius 1 is 1.20 bits per heavy atom. The quantitative estimate of drug-likeness (QED) is 0.286.